The molecule has 0 radical (unpaired) electrons. The van der Waals surface area contributed by atoms with Crippen LogP contribution < -0.4 is 0 Å². The van der Waals surface area contributed by atoms with Crippen LogP contribution in [0.4, 0.5) is 0 Å². The summed E-state index contributed by atoms with van der Waals surface area (Å²) in [7, 11) is -3.05. The molecule has 2 atom stereocenters. The lowest BCUT2D eigenvalue weighted by Gasteiger charge is -2.29. The van der Waals surface area contributed by atoms with Crippen molar-refractivity contribution >= 4 is 27.5 Å². The molecule has 0 spiro atoms. The third kappa shape index (κ3) is 4.38. The minimum atomic E-state index is -3.05. The van der Waals surface area contributed by atoms with Gasteiger partial charge in [-0.2, -0.15) is 4.68 Å². The van der Waals surface area contributed by atoms with Crippen molar-refractivity contribution in [2.24, 2.45) is 0 Å². The van der Waals surface area contributed by atoms with Gasteiger partial charge in [-0.1, -0.05) is 17.8 Å². The molecule has 1 aromatic carbocycles. The highest BCUT2D eigenvalue weighted by atomic mass is 32.2. The van der Waals surface area contributed by atoms with Gasteiger partial charge in [0.25, 0.3) is 0 Å². The smallest absolute Gasteiger partial charge is 0.236 e. The summed E-state index contributed by atoms with van der Waals surface area (Å²) in [6, 6.07) is 5.71. The lowest BCUT2D eigenvalue weighted by molar-refractivity contribution is -0.131. The van der Waals surface area contributed by atoms with Crippen molar-refractivity contribution in [2.45, 2.75) is 50.6 Å². The van der Waals surface area contributed by atoms with E-state index in [1.54, 1.807) is 16.5 Å². The van der Waals surface area contributed by atoms with Crippen LogP contribution in [0, 0.1) is 13.8 Å². The summed E-state index contributed by atoms with van der Waals surface area (Å²) in [4.78, 5) is 14.7. The summed E-state index contributed by atoms with van der Waals surface area (Å²) in [5, 5.41) is 12.0. The van der Waals surface area contributed by atoms with Gasteiger partial charge in [-0.05, 0) is 67.8 Å². The Kier molecular flexibility index (Phi) is 6.09. The van der Waals surface area contributed by atoms with Crippen molar-refractivity contribution in [2.75, 3.05) is 18.1 Å². The van der Waals surface area contributed by atoms with E-state index in [0.29, 0.717) is 18.1 Å². The molecule has 10 heteroatoms. The molecule has 1 aliphatic heterocycles. The number of amides is 1. The standard InChI is InChI=1S/C18H25N5O3S2/c1-5-22(16-8-9-28(25,26)11-16)17(24)14(4)27-18-19-20-21-23(18)15-7-6-12(2)13(3)10-15/h6-7,10,14,16H,5,8-9,11H2,1-4H3/t14-,16+/m1/s1. The first-order valence-electron chi connectivity index (χ1n) is 9.25. The second-order valence-corrected chi connectivity index (χ2v) is 10.6. The second-order valence-electron chi connectivity index (χ2n) is 7.08. The molecule has 1 aliphatic rings. The number of hydrogen-bond donors (Lipinski definition) is 0. The molecule has 1 amide bonds. The van der Waals surface area contributed by atoms with Crippen LogP contribution in [0.25, 0.3) is 5.69 Å². The summed E-state index contributed by atoms with van der Waals surface area (Å²) >= 11 is 1.28. The second kappa shape index (κ2) is 8.20. The Morgan fingerprint density at radius 3 is 2.71 bits per heavy atom. The maximum absolute atomic E-state index is 13.0. The van der Waals surface area contributed by atoms with E-state index >= 15 is 0 Å². The summed E-state index contributed by atoms with van der Waals surface area (Å²) in [5.41, 5.74) is 3.15. The van der Waals surface area contributed by atoms with Crippen LogP contribution in [0.3, 0.4) is 0 Å². The van der Waals surface area contributed by atoms with Crippen molar-refractivity contribution in [3.63, 3.8) is 0 Å². The molecule has 152 valence electrons. The number of rotatable bonds is 6. The van der Waals surface area contributed by atoms with E-state index < -0.39 is 15.1 Å². The van der Waals surface area contributed by atoms with E-state index in [1.165, 1.54) is 17.3 Å². The van der Waals surface area contributed by atoms with Gasteiger partial charge in [-0.3, -0.25) is 4.79 Å². The molecule has 2 heterocycles. The highest BCUT2D eigenvalue weighted by molar-refractivity contribution is 8.00. The van der Waals surface area contributed by atoms with E-state index in [4.69, 9.17) is 0 Å². The topological polar surface area (TPSA) is 98.1 Å². The van der Waals surface area contributed by atoms with Crippen molar-refractivity contribution in [3.8, 4) is 5.69 Å². The molecular weight excluding hydrogens is 398 g/mol. The Morgan fingerprint density at radius 1 is 1.36 bits per heavy atom. The van der Waals surface area contributed by atoms with Gasteiger partial charge in [-0.25, -0.2) is 8.42 Å². The number of benzene rings is 1. The first-order valence-corrected chi connectivity index (χ1v) is 12.0. The van der Waals surface area contributed by atoms with Crippen molar-refractivity contribution in [1.29, 1.82) is 0 Å². The Morgan fingerprint density at radius 2 is 2.11 bits per heavy atom. The zero-order valence-corrected chi connectivity index (χ0v) is 18.1. The number of carbonyl (C=O) groups excluding carboxylic acids is 1. The average Bonchev–Trinajstić information content (AvgIpc) is 3.24. The maximum atomic E-state index is 13.0. The van der Waals surface area contributed by atoms with Gasteiger partial charge in [0.2, 0.25) is 11.1 Å². The SMILES string of the molecule is CCN(C(=O)[C@@H](C)Sc1nnnn1-c1ccc(C)c(C)c1)[C@H]1CCS(=O)(=O)C1. The summed E-state index contributed by atoms with van der Waals surface area (Å²) in [6.07, 6.45) is 0.500. The summed E-state index contributed by atoms with van der Waals surface area (Å²) in [5.74, 6) is 0.0995. The molecule has 0 unspecified atom stereocenters. The zero-order valence-electron chi connectivity index (χ0n) is 16.5. The van der Waals surface area contributed by atoms with Crippen LogP contribution in [0.15, 0.2) is 23.4 Å². The van der Waals surface area contributed by atoms with Crippen LogP contribution in [-0.2, 0) is 14.6 Å². The molecule has 1 aromatic heterocycles. The number of hydrogen-bond acceptors (Lipinski definition) is 7. The third-order valence-corrected chi connectivity index (χ3v) is 7.85. The molecule has 0 bridgehead atoms. The van der Waals surface area contributed by atoms with Gasteiger partial charge in [0.05, 0.1) is 22.4 Å². The van der Waals surface area contributed by atoms with Crippen molar-refractivity contribution in [1.82, 2.24) is 25.1 Å². The van der Waals surface area contributed by atoms with Crippen LogP contribution >= 0.6 is 11.8 Å². The molecule has 0 N–H and O–H groups in total. The van der Waals surface area contributed by atoms with Crippen molar-refractivity contribution in [3.05, 3.63) is 29.3 Å². The fourth-order valence-electron chi connectivity index (χ4n) is 3.33. The van der Waals surface area contributed by atoms with Gasteiger partial charge in [0.15, 0.2) is 9.84 Å². The molecule has 1 saturated heterocycles. The van der Waals surface area contributed by atoms with E-state index in [1.807, 2.05) is 39.0 Å². The number of thioether (sulfide) groups is 1. The lowest BCUT2D eigenvalue weighted by Crippen LogP contribution is -2.44. The number of tetrazole rings is 1. The minimum absolute atomic E-state index is 0.0460. The first-order chi connectivity index (χ1) is 13.2. The van der Waals surface area contributed by atoms with Gasteiger partial charge < -0.3 is 4.90 Å². The molecule has 2 aromatic rings. The first kappa shape index (κ1) is 20.8. The Balaban J connectivity index is 1.76. The fraction of sp³-hybridized carbons (Fsp3) is 0.556. The van der Waals surface area contributed by atoms with E-state index in [-0.39, 0.29) is 23.5 Å². The fourth-order valence-corrected chi connectivity index (χ4v) is 5.94. The Hall–Kier alpha value is -1.94. The number of aromatic nitrogens is 4. The quantitative estimate of drug-likeness (QED) is 0.653. The lowest BCUT2D eigenvalue weighted by atomic mass is 10.1. The van der Waals surface area contributed by atoms with Crippen LogP contribution in [-0.4, -0.2) is 68.8 Å². The number of aryl methyl sites for hydroxylation is 2. The average molecular weight is 424 g/mol. The molecule has 28 heavy (non-hydrogen) atoms. The number of nitrogens with zero attached hydrogens (tertiary/aromatic N) is 5. The Bertz CT molecular complexity index is 973. The van der Waals surface area contributed by atoms with Crippen LogP contribution in [0.1, 0.15) is 31.4 Å². The summed E-state index contributed by atoms with van der Waals surface area (Å²) in [6.45, 7) is 8.22. The highest BCUT2D eigenvalue weighted by Gasteiger charge is 2.35. The van der Waals surface area contributed by atoms with Gasteiger partial charge in [-0.15, -0.1) is 5.10 Å². The van der Waals surface area contributed by atoms with Crippen LogP contribution in [0.2, 0.25) is 0 Å². The maximum Gasteiger partial charge on any atom is 0.236 e. The molecule has 3 rings (SSSR count). The van der Waals surface area contributed by atoms with E-state index in [2.05, 4.69) is 15.5 Å². The molecule has 0 saturated carbocycles. The zero-order chi connectivity index (χ0) is 20.5. The molecule has 0 aliphatic carbocycles. The number of sulfone groups is 1. The van der Waals surface area contributed by atoms with Crippen LogP contribution in [0.5, 0.6) is 0 Å². The van der Waals surface area contributed by atoms with Crippen molar-refractivity contribution < 1.29 is 13.2 Å². The monoisotopic (exact) mass is 423 g/mol. The predicted octanol–water partition coefficient (Wildman–Crippen LogP) is 1.80. The van der Waals surface area contributed by atoms with Gasteiger partial charge in [0.1, 0.15) is 0 Å². The Labute approximate surface area is 169 Å². The number of carbonyl (C=O) groups is 1. The predicted molar refractivity (Wildman–Crippen MR) is 108 cm³/mol. The van der Waals surface area contributed by atoms with Gasteiger partial charge >= 0.3 is 0 Å². The molecular formula is C18H25N5O3S2. The third-order valence-electron chi connectivity index (χ3n) is 5.08. The molecule has 8 nitrogen and oxygen atoms in total. The molecule has 1 fully saturated rings. The normalized spacial score (nSPS) is 19.5. The van der Waals surface area contributed by atoms with E-state index in [9.17, 15) is 13.2 Å². The van der Waals surface area contributed by atoms with Gasteiger partial charge in [0, 0.05) is 12.6 Å². The van der Waals surface area contributed by atoms with E-state index in [0.717, 1.165) is 11.3 Å². The highest BCUT2D eigenvalue weighted by Crippen LogP contribution is 2.27. The largest absolute Gasteiger partial charge is 0.338 e. The minimum Gasteiger partial charge on any atom is -0.338 e. The summed E-state index contributed by atoms with van der Waals surface area (Å²) < 4.78 is 25.2.